The van der Waals surface area contributed by atoms with Gasteiger partial charge in [-0.3, -0.25) is 4.90 Å². The van der Waals surface area contributed by atoms with Gasteiger partial charge >= 0.3 is 0 Å². The summed E-state index contributed by atoms with van der Waals surface area (Å²) in [5.41, 5.74) is -0.378. The Labute approximate surface area is 243 Å². The Balaban J connectivity index is 1.69. The third-order valence-corrected chi connectivity index (χ3v) is 8.91. The summed E-state index contributed by atoms with van der Waals surface area (Å²) in [5, 5.41) is 35.5. The molecule has 0 radical (unpaired) electrons. The number of hydrogen-bond donors (Lipinski definition) is 3. The van der Waals surface area contributed by atoms with E-state index < -0.39 is 17.3 Å². The second-order valence-electron chi connectivity index (χ2n) is 11.3. The van der Waals surface area contributed by atoms with Gasteiger partial charge in [-0.25, -0.2) is 0 Å². The number of benzene rings is 3. The molecule has 1 aliphatic heterocycles. The zero-order chi connectivity index (χ0) is 29.2. The van der Waals surface area contributed by atoms with Gasteiger partial charge in [-0.15, -0.1) is 0 Å². The molecule has 7 heteroatoms. The zero-order valence-electron chi connectivity index (χ0n) is 24.6. The van der Waals surface area contributed by atoms with Crippen molar-refractivity contribution in [3.63, 3.8) is 0 Å². The minimum absolute atomic E-state index is 0.205. The fourth-order valence-corrected chi connectivity index (χ4v) is 6.80. The lowest BCUT2D eigenvalue weighted by Crippen LogP contribution is -2.52. The van der Waals surface area contributed by atoms with Crippen LogP contribution in [0.15, 0.2) is 60.7 Å². The number of fused-ring (bicyclic) bond motifs is 3. The van der Waals surface area contributed by atoms with Crippen molar-refractivity contribution in [1.29, 1.82) is 0 Å². The molecule has 3 N–H and O–H groups in total. The Kier molecular flexibility index (Phi) is 8.50. The quantitative estimate of drug-likeness (QED) is 0.256. The lowest BCUT2D eigenvalue weighted by atomic mass is 9.71. The second kappa shape index (κ2) is 11.9. The van der Waals surface area contributed by atoms with Crippen LogP contribution >= 0.6 is 0 Å². The van der Waals surface area contributed by atoms with Crippen LogP contribution in [0.1, 0.15) is 74.1 Å². The van der Waals surface area contributed by atoms with Crippen LogP contribution in [0.25, 0.3) is 0 Å². The average Bonchev–Trinajstić information content (AvgIpc) is 3.39. The van der Waals surface area contributed by atoms with E-state index in [1.807, 2.05) is 42.5 Å². The maximum atomic E-state index is 12.8. The number of rotatable bonds is 12. The summed E-state index contributed by atoms with van der Waals surface area (Å²) >= 11 is 0. The Morgan fingerprint density at radius 3 is 2.29 bits per heavy atom. The number of phenols is 1. The zero-order valence-corrected chi connectivity index (χ0v) is 24.6. The molecule has 1 heterocycles. The molecule has 5 rings (SSSR count). The first-order chi connectivity index (χ1) is 19.8. The molecule has 4 atom stereocenters. The highest BCUT2D eigenvalue weighted by molar-refractivity contribution is 5.62. The van der Waals surface area contributed by atoms with Crippen molar-refractivity contribution in [2.24, 2.45) is 0 Å². The number of aliphatic hydroxyl groups is 2. The van der Waals surface area contributed by atoms with E-state index in [4.69, 9.17) is 14.2 Å². The molecule has 3 aromatic rings. The van der Waals surface area contributed by atoms with Gasteiger partial charge in [0.05, 0.1) is 25.9 Å². The lowest BCUT2D eigenvalue weighted by Gasteiger charge is -2.41. The Bertz CT molecular complexity index is 1340. The minimum Gasteiger partial charge on any atom is -0.508 e. The van der Waals surface area contributed by atoms with E-state index in [-0.39, 0.29) is 18.1 Å². The number of nitrogens with zero attached hydrogens (tertiary/aromatic N) is 1. The smallest absolute Gasteiger partial charge is 0.176 e. The normalized spacial score (nSPS) is 24.7. The van der Waals surface area contributed by atoms with E-state index >= 15 is 0 Å². The molecule has 1 aliphatic carbocycles. The molecule has 2 aliphatic rings. The monoisotopic (exact) mass is 561 g/mol. The van der Waals surface area contributed by atoms with Crippen LogP contribution < -0.4 is 14.2 Å². The molecule has 7 nitrogen and oxygen atoms in total. The largest absolute Gasteiger partial charge is 0.508 e. The van der Waals surface area contributed by atoms with Crippen molar-refractivity contribution in [2.75, 3.05) is 27.3 Å². The van der Waals surface area contributed by atoms with Crippen molar-refractivity contribution in [3.05, 3.63) is 82.9 Å². The van der Waals surface area contributed by atoms with Gasteiger partial charge in [0.1, 0.15) is 23.0 Å². The van der Waals surface area contributed by atoms with Crippen LogP contribution in [0.4, 0.5) is 0 Å². The summed E-state index contributed by atoms with van der Waals surface area (Å²) < 4.78 is 18.1. The maximum absolute atomic E-state index is 12.8. The molecule has 1 saturated carbocycles. The predicted octanol–water partition coefficient (Wildman–Crippen LogP) is 5.84. The molecule has 0 spiro atoms. The van der Waals surface area contributed by atoms with Gasteiger partial charge in [0, 0.05) is 30.2 Å². The highest BCUT2D eigenvalue weighted by atomic mass is 16.5. The topological polar surface area (TPSA) is 91.6 Å². The lowest BCUT2D eigenvalue weighted by molar-refractivity contribution is -0.150. The van der Waals surface area contributed by atoms with E-state index in [9.17, 15) is 15.3 Å². The van der Waals surface area contributed by atoms with Crippen LogP contribution in [0.2, 0.25) is 0 Å². The molecule has 0 unspecified atom stereocenters. The van der Waals surface area contributed by atoms with Crippen LogP contribution in [0, 0.1) is 0 Å². The summed E-state index contributed by atoms with van der Waals surface area (Å²) in [6.45, 7) is 6.84. The fourth-order valence-electron chi connectivity index (χ4n) is 6.80. The minimum atomic E-state index is -1.82. The molecular formula is C34H43NO6. The second-order valence-corrected chi connectivity index (χ2v) is 11.3. The van der Waals surface area contributed by atoms with Gasteiger partial charge in [0.2, 0.25) is 0 Å². The van der Waals surface area contributed by atoms with Crippen LogP contribution in [-0.4, -0.2) is 53.6 Å². The van der Waals surface area contributed by atoms with Crippen LogP contribution in [0.5, 0.6) is 23.0 Å². The summed E-state index contributed by atoms with van der Waals surface area (Å²) in [5.74, 6) is 1.14. The van der Waals surface area contributed by atoms with Gasteiger partial charge in [-0.1, -0.05) is 63.1 Å². The summed E-state index contributed by atoms with van der Waals surface area (Å²) in [7, 11) is 3.10. The fraction of sp³-hybridized carbons (Fsp3) is 0.471. The summed E-state index contributed by atoms with van der Waals surface area (Å²) in [6.07, 6.45) is 3.49. The van der Waals surface area contributed by atoms with E-state index in [0.717, 1.165) is 49.9 Å². The van der Waals surface area contributed by atoms with Crippen LogP contribution in [0.3, 0.4) is 0 Å². The number of ether oxygens (including phenoxy) is 3. The molecule has 41 heavy (non-hydrogen) atoms. The molecule has 0 saturated heterocycles. The van der Waals surface area contributed by atoms with Crippen LogP contribution in [-0.2, 0) is 17.7 Å². The van der Waals surface area contributed by atoms with E-state index in [1.165, 1.54) is 7.11 Å². The van der Waals surface area contributed by atoms with E-state index in [1.54, 1.807) is 25.3 Å². The van der Waals surface area contributed by atoms with Gasteiger partial charge < -0.3 is 29.5 Å². The third-order valence-electron chi connectivity index (χ3n) is 8.91. The number of aromatic hydroxyl groups is 1. The number of phenolic OH excluding ortho intramolecular Hbond substituents is 1. The van der Waals surface area contributed by atoms with Crippen molar-refractivity contribution in [1.82, 2.24) is 4.90 Å². The molecule has 0 amide bonds. The Hall–Kier alpha value is -3.26. The molecule has 0 bridgehead atoms. The molecular weight excluding hydrogens is 518 g/mol. The first-order valence-electron chi connectivity index (χ1n) is 14.8. The van der Waals surface area contributed by atoms with Crippen molar-refractivity contribution in [2.45, 2.75) is 75.7 Å². The highest BCUT2D eigenvalue weighted by Gasteiger charge is 2.73. The molecule has 220 valence electrons. The molecule has 3 aromatic carbocycles. The summed E-state index contributed by atoms with van der Waals surface area (Å²) in [4.78, 5) is 2.38. The predicted molar refractivity (Wildman–Crippen MR) is 159 cm³/mol. The van der Waals surface area contributed by atoms with E-state index in [2.05, 4.69) is 18.7 Å². The van der Waals surface area contributed by atoms with Gasteiger partial charge in [-0.05, 0) is 55.6 Å². The molecule has 0 aromatic heterocycles. The highest BCUT2D eigenvalue weighted by Crippen LogP contribution is 2.68. The number of unbranched alkanes of at least 4 members (excludes halogenated alkanes) is 2. The Morgan fingerprint density at radius 1 is 0.951 bits per heavy atom. The number of hydrogen-bond acceptors (Lipinski definition) is 7. The first kappa shape index (κ1) is 29.2. The standard InChI is InChI=1S/C34H43NO6/c1-5-7-16-35(17-8-6-2)22-24-18-25(14-15-28(24)36)34-27(23-12-10-9-11-13-23)21-31(37)33(34,38)32-29(40-4)19-26(39-3)20-30(32)41-34/h9-15,18-20,27,31,36-38H,5-8,16-17,21-22H2,1-4H3/t27-,31+,33+,34-/m0/s1. The molecule has 1 fully saturated rings. The Morgan fingerprint density at radius 2 is 1.66 bits per heavy atom. The van der Waals surface area contributed by atoms with Crippen molar-refractivity contribution >= 4 is 0 Å². The van der Waals surface area contributed by atoms with Gasteiger partial charge in [0.25, 0.3) is 0 Å². The van der Waals surface area contributed by atoms with E-state index in [0.29, 0.717) is 34.9 Å². The number of aliphatic hydroxyl groups excluding tert-OH is 1. The average molecular weight is 562 g/mol. The third kappa shape index (κ3) is 4.84. The SMILES string of the molecule is CCCCN(CCCC)Cc1cc([C@@]23Oc4cc(OC)cc(OC)c4[C@]2(O)[C@H](O)C[C@H]3c2ccccc2)ccc1O. The van der Waals surface area contributed by atoms with Crippen molar-refractivity contribution < 1.29 is 29.5 Å². The summed E-state index contributed by atoms with van der Waals surface area (Å²) in [6, 6.07) is 18.8. The first-order valence-corrected chi connectivity index (χ1v) is 14.8. The van der Waals surface area contributed by atoms with Gasteiger partial charge in [0.15, 0.2) is 11.2 Å². The van der Waals surface area contributed by atoms with Crippen molar-refractivity contribution in [3.8, 4) is 23.0 Å². The maximum Gasteiger partial charge on any atom is 0.176 e. The van der Waals surface area contributed by atoms with Gasteiger partial charge in [-0.2, -0.15) is 0 Å². The number of methoxy groups -OCH3 is 2.